The Bertz CT molecular complexity index is 897. The lowest BCUT2D eigenvalue weighted by atomic mass is 9.61. The molecular weight excluding hydrogens is 368 g/mol. The summed E-state index contributed by atoms with van der Waals surface area (Å²) in [6, 6.07) is 6.33. The van der Waals surface area contributed by atoms with Crippen molar-refractivity contribution in [3.63, 3.8) is 0 Å². The van der Waals surface area contributed by atoms with Gasteiger partial charge in [-0.25, -0.2) is 0 Å². The van der Waals surface area contributed by atoms with Crippen LogP contribution >= 0.6 is 12.2 Å². The lowest BCUT2D eigenvalue weighted by molar-refractivity contribution is -0.131. The van der Waals surface area contributed by atoms with Crippen LogP contribution in [0.25, 0.3) is 0 Å². The predicted molar refractivity (Wildman–Crippen MR) is 114 cm³/mol. The van der Waals surface area contributed by atoms with Gasteiger partial charge in [0.2, 0.25) is 0 Å². The fourth-order valence-electron chi connectivity index (χ4n) is 5.15. The molecule has 1 aromatic rings. The van der Waals surface area contributed by atoms with Crippen molar-refractivity contribution in [2.24, 2.45) is 10.8 Å². The fraction of sp³-hybridized carbons (Fsp3) is 0.565. The summed E-state index contributed by atoms with van der Waals surface area (Å²) in [4.78, 5) is 13.3. The summed E-state index contributed by atoms with van der Waals surface area (Å²) >= 11 is 5.37. The van der Waals surface area contributed by atoms with Gasteiger partial charge in [-0.2, -0.15) is 0 Å². The SMILES string of the molecule is COC1CCC2(CC1)Cc1ccc(C#CC(C)(C)C)cc1C21NC(=S)NC1=O. The Balaban J connectivity index is 1.81. The van der Waals surface area contributed by atoms with Gasteiger partial charge in [0.1, 0.15) is 0 Å². The van der Waals surface area contributed by atoms with E-state index in [9.17, 15) is 4.79 Å². The van der Waals surface area contributed by atoms with E-state index >= 15 is 0 Å². The van der Waals surface area contributed by atoms with Gasteiger partial charge in [-0.05, 0) is 88.4 Å². The third-order valence-electron chi connectivity index (χ3n) is 6.51. The number of amides is 1. The number of hydrogen-bond acceptors (Lipinski definition) is 3. The first-order chi connectivity index (χ1) is 13.2. The second kappa shape index (κ2) is 6.57. The molecule has 1 saturated carbocycles. The Hall–Kier alpha value is -1.90. The second-order valence-corrected chi connectivity index (χ2v) is 9.83. The van der Waals surface area contributed by atoms with E-state index in [0.717, 1.165) is 43.2 Å². The first kappa shape index (κ1) is 19.4. The molecule has 2 fully saturated rings. The molecule has 1 atom stereocenters. The molecule has 0 bridgehead atoms. The largest absolute Gasteiger partial charge is 0.381 e. The molecule has 28 heavy (non-hydrogen) atoms. The van der Waals surface area contributed by atoms with E-state index in [1.807, 2.05) is 0 Å². The van der Waals surface area contributed by atoms with Crippen molar-refractivity contribution in [2.45, 2.75) is 64.5 Å². The highest BCUT2D eigenvalue weighted by atomic mass is 32.1. The maximum absolute atomic E-state index is 13.3. The van der Waals surface area contributed by atoms with Gasteiger partial charge in [0.25, 0.3) is 5.91 Å². The second-order valence-electron chi connectivity index (χ2n) is 9.42. The summed E-state index contributed by atoms with van der Waals surface area (Å²) in [5, 5.41) is 6.72. The van der Waals surface area contributed by atoms with Crippen molar-refractivity contribution in [3.8, 4) is 11.8 Å². The average Bonchev–Trinajstić information content (AvgIpc) is 3.09. The predicted octanol–water partition coefficient (Wildman–Crippen LogP) is 3.42. The molecule has 1 aromatic carbocycles. The minimum atomic E-state index is -0.794. The van der Waals surface area contributed by atoms with Crippen LogP contribution in [0.3, 0.4) is 0 Å². The molecule has 3 aliphatic rings. The van der Waals surface area contributed by atoms with Gasteiger partial charge >= 0.3 is 0 Å². The molecule has 1 heterocycles. The van der Waals surface area contributed by atoms with Crippen LogP contribution in [0.15, 0.2) is 18.2 Å². The van der Waals surface area contributed by atoms with Crippen molar-refractivity contribution in [2.75, 3.05) is 7.11 Å². The quantitative estimate of drug-likeness (QED) is 0.564. The van der Waals surface area contributed by atoms with Crippen molar-refractivity contribution >= 4 is 23.2 Å². The third-order valence-corrected chi connectivity index (χ3v) is 6.72. The Labute approximate surface area is 172 Å². The molecule has 2 spiro atoms. The van der Waals surface area contributed by atoms with Crippen molar-refractivity contribution in [1.82, 2.24) is 10.6 Å². The zero-order chi connectivity index (χ0) is 20.2. The number of methoxy groups -OCH3 is 1. The molecule has 148 valence electrons. The van der Waals surface area contributed by atoms with E-state index in [-0.39, 0.29) is 22.8 Å². The van der Waals surface area contributed by atoms with Crippen molar-refractivity contribution in [3.05, 3.63) is 34.9 Å². The van der Waals surface area contributed by atoms with E-state index in [2.05, 4.69) is 61.4 Å². The van der Waals surface area contributed by atoms with Crippen LogP contribution in [0.5, 0.6) is 0 Å². The number of hydrogen-bond donors (Lipinski definition) is 2. The topological polar surface area (TPSA) is 50.4 Å². The molecule has 4 rings (SSSR count). The Kier molecular flexibility index (Phi) is 4.56. The number of carbonyl (C=O) groups is 1. The molecule has 1 saturated heterocycles. The van der Waals surface area contributed by atoms with Gasteiger partial charge in [0.05, 0.1) is 6.10 Å². The zero-order valence-electron chi connectivity index (χ0n) is 17.1. The minimum Gasteiger partial charge on any atom is -0.381 e. The molecule has 5 heteroatoms. The number of nitrogens with one attached hydrogen (secondary N) is 2. The molecule has 0 radical (unpaired) electrons. The van der Waals surface area contributed by atoms with Crippen LogP contribution in [0.4, 0.5) is 0 Å². The number of fused-ring (bicyclic) bond motifs is 3. The van der Waals surface area contributed by atoms with Crippen LogP contribution in [-0.2, 0) is 21.5 Å². The van der Waals surface area contributed by atoms with Gasteiger partial charge in [0, 0.05) is 23.5 Å². The van der Waals surface area contributed by atoms with E-state index < -0.39 is 5.54 Å². The van der Waals surface area contributed by atoms with E-state index in [4.69, 9.17) is 17.0 Å². The van der Waals surface area contributed by atoms with Crippen molar-refractivity contribution in [1.29, 1.82) is 0 Å². The molecule has 2 aliphatic carbocycles. The minimum absolute atomic E-state index is 0.0203. The molecule has 1 amide bonds. The number of ether oxygens (including phenoxy) is 1. The molecule has 1 aliphatic heterocycles. The number of rotatable bonds is 1. The Morgan fingerprint density at radius 2 is 1.96 bits per heavy atom. The monoisotopic (exact) mass is 396 g/mol. The Morgan fingerprint density at radius 3 is 2.54 bits per heavy atom. The third kappa shape index (κ3) is 2.94. The van der Waals surface area contributed by atoms with E-state index in [1.165, 1.54) is 5.56 Å². The van der Waals surface area contributed by atoms with Gasteiger partial charge in [-0.1, -0.05) is 17.9 Å². The summed E-state index contributed by atoms with van der Waals surface area (Å²) in [6.07, 6.45) is 4.96. The maximum Gasteiger partial charge on any atom is 0.257 e. The van der Waals surface area contributed by atoms with Crippen molar-refractivity contribution < 1.29 is 9.53 Å². The summed E-state index contributed by atoms with van der Waals surface area (Å²) in [6.45, 7) is 6.30. The van der Waals surface area contributed by atoms with Crippen LogP contribution in [-0.4, -0.2) is 24.2 Å². The van der Waals surface area contributed by atoms with Crippen LogP contribution in [0.2, 0.25) is 0 Å². The number of benzene rings is 1. The number of thiocarbonyl (C=S) groups is 1. The lowest BCUT2D eigenvalue weighted by Gasteiger charge is -2.46. The Morgan fingerprint density at radius 1 is 1.25 bits per heavy atom. The van der Waals surface area contributed by atoms with Crippen LogP contribution < -0.4 is 10.6 Å². The molecule has 4 nitrogen and oxygen atoms in total. The summed E-state index contributed by atoms with van der Waals surface area (Å²) in [7, 11) is 1.78. The molecule has 2 N–H and O–H groups in total. The molecule has 1 unspecified atom stereocenters. The van der Waals surface area contributed by atoms with Crippen LogP contribution in [0.1, 0.15) is 63.1 Å². The van der Waals surface area contributed by atoms with Gasteiger partial charge in [-0.3, -0.25) is 4.79 Å². The first-order valence-electron chi connectivity index (χ1n) is 10.0. The molecular formula is C23H28N2O2S. The lowest BCUT2D eigenvalue weighted by Crippen LogP contribution is -2.56. The van der Waals surface area contributed by atoms with E-state index in [0.29, 0.717) is 5.11 Å². The van der Waals surface area contributed by atoms with Gasteiger partial charge in [0.15, 0.2) is 10.7 Å². The first-order valence-corrected chi connectivity index (χ1v) is 10.4. The summed E-state index contributed by atoms with van der Waals surface area (Å²) in [5.74, 6) is 6.57. The highest BCUT2D eigenvalue weighted by Crippen LogP contribution is 2.59. The summed E-state index contributed by atoms with van der Waals surface area (Å²) in [5.41, 5.74) is 2.18. The summed E-state index contributed by atoms with van der Waals surface area (Å²) < 4.78 is 5.59. The van der Waals surface area contributed by atoms with E-state index in [1.54, 1.807) is 7.11 Å². The normalized spacial score (nSPS) is 31.4. The van der Waals surface area contributed by atoms with Gasteiger partial charge in [-0.15, -0.1) is 0 Å². The smallest absolute Gasteiger partial charge is 0.257 e. The van der Waals surface area contributed by atoms with Gasteiger partial charge < -0.3 is 15.4 Å². The molecule has 0 aromatic heterocycles. The fourth-order valence-corrected chi connectivity index (χ4v) is 5.40. The highest BCUT2D eigenvalue weighted by Gasteiger charge is 2.65. The standard InChI is InChI=1S/C23H28N2O2S/c1-21(2,3)10-7-15-5-6-16-14-22(11-8-17(27-4)9-12-22)23(18(16)13-15)19(26)24-20(28)25-23/h5-6,13,17H,8-9,11-12,14H2,1-4H3,(H2,24,25,26,28). The zero-order valence-corrected chi connectivity index (χ0v) is 17.9. The average molecular weight is 397 g/mol. The maximum atomic E-state index is 13.3. The highest BCUT2D eigenvalue weighted by molar-refractivity contribution is 7.80. The number of carbonyl (C=O) groups excluding carboxylic acids is 1. The van der Waals surface area contributed by atoms with Crippen LogP contribution in [0, 0.1) is 22.7 Å².